The normalized spacial score (nSPS) is 12.9. The van der Waals surface area contributed by atoms with Crippen LogP contribution in [0.1, 0.15) is 13.8 Å². The fourth-order valence-electron chi connectivity index (χ4n) is 0.325. The first-order valence-corrected chi connectivity index (χ1v) is 2.83. The monoisotopic (exact) mass is 131 g/mol. The molecule has 0 aromatic rings. The molecule has 0 N–H and O–H groups in total. The third kappa shape index (κ3) is 3.79. The molecule has 0 aliphatic rings. The molecule has 0 aromatic carbocycles. The second-order valence-electron chi connectivity index (χ2n) is 2.17. The van der Waals surface area contributed by atoms with Crippen LogP contribution in [0.5, 0.6) is 0 Å². The number of hydrogen-bond acceptors (Lipinski definition) is 1. The molecule has 0 aliphatic carbocycles. The molecule has 0 saturated carbocycles. The third-order valence-electron chi connectivity index (χ3n) is 1.04. The maximum Gasteiger partial charge on any atom is 0.108 e. The number of hydrogen-bond donors (Lipinski definition) is 0. The van der Waals surface area contributed by atoms with E-state index in [4.69, 9.17) is 5.53 Å². The summed E-state index contributed by atoms with van der Waals surface area (Å²) in [5.41, 5.74) is 7.79. The van der Waals surface area contributed by atoms with Crippen molar-refractivity contribution in [1.82, 2.24) is 0 Å². The highest BCUT2D eigenvalue weighted by Gasteiger charge is 2.08. The molecule has 1 atom stereocenters. The molecule has 0 unspecified atom stereocenters. The van der Waals surface area contributed by atoms with E-state index in [9.17, 15) is 4.39 Å². The summed E-state index contributed by atoms with van der Waals surface area (Å²) in [6, 6.07) is 0. The predicted octanol–water partition coefficient (Wildman–Crippen LogP) is 2.29. The van der Waals surface area contributed by atoms with E-state index in [-0.39, 0.29) is 12.5 Å². The van der Waals surface area contributed by atoms with Crippen LogP contribution in [-0.2, 0) is 0 Å². The molecule has 0 aromatic heterocycles. The summed E-state index contributed by atoms with van der Waals surface area (Å²) in [6.45, 7) is 3.45. The predicted molar refractivity (Wildman–Crippen MR) is 33.7 cm³/mol. The average Bonchev–Trinajstić information content (AvgIpc) is 1.82. The van der Waals surface area contributed by atoms with Crippen LogP contribution in [0.15, 0.2) is 5.11 Å². The Morgan fingerprint density at radius 3 is 2.56 bits per heavy atom. The molecule has 0 aliphatic heterocycles. The lowest BCUT2D eigenvalue weighted by atomic mass is 10.1. The van der Waals surface area contributed by atoms with Gasteiger partial charge in [-0.3, -0.25) is 0 Å². The average molecular weight is 131 g/mol. The zero-order valence-corrected chi connectivity index (χ0v) is 5.58. The molecular weight excluding hydrogens is 121 g/mol. The maximum absolute atomic E-state index is 12.4. The molecule has 0 spiro atoms. The van der Waals surface area contributed by atoms with Crippen molar-refractivity contribution in [2.75, 3.05) is 6.54 Å². The second-order valence-corrected chi connectivity index (χ2v) is 2.17. The lowest BCUT2D eigenvalue weighted by Crippen LogP contribution is -2.11. The fourth-order valence-corrected chi connectivity index (χ4v) is 0.325. The molecular formula is C5H10FN3. The van der Waals surface area contributed by atoms with Crippen molar-refractivity contribution in [1.29, 1.82) is 0 Å². The van der Waals surface area contributed by atoms with Gasteiger partial charge >= 0.3 is 0 Å². The van der Waals surface area contributed by atoms with Gasteiger partial charge in [0.2, 0.25) is 0 Å². The maximum atomic E-state index is 12.4. The smallest absolute Gasteiger partial charge is 0.108 e. The van der Waals surface area contributed by atoms with Crippen LogP contribution in [0, 0.1) is 5.92 Å². The highest BCUT2D eigenvalue weighted by molar-refractivity contribution is 4.63. The number of nitrogens with zero attached hydrogens (tertiary/aromatic N) is 3. The highest BCUT2D eigenvalue weighted by atomic mass is 19.1. The van der Waals surface area contributed by atoms with Crippen molar-refractivity contribution in [2.45, 2.75) is 20.0 Å². The van der Waals surface area contributed by atoms with Gasteiger partial charge in [-0.2, -0.15) is 0 Å². The minimum atomic E-state index is -0.999. The molecule has 0 heterocycles. The molecule has 9 heavy (non-hydrogen) atoms. The number of rotatable bonds is 3. The molecule has 0 fully saturated rings. The SMILES string of the molecule is CC(C)[C@@H](F)CN=[N+]=[N-]. The molecule has 0 bridgehead atoms. The van der Waals surface area contributed by atoms with Gasteiger partial charge in [0.15, 0.2) is 0 Å². The van der Waals surface area contributed by atoms with E-state index in [1.54, 1.807) is 13.8 Å². The van der Waals surface area contributed by atoms with Crippen LogP contribution >= 0.6 is 0 Å². The van der Waals surface area contributed by atoms with Gasteiger partial charge in [-0.15, -0.1) is 0 Å². The van der Waals surface area contributed by atoms with E-state index in [1.807, 2.05) is 0 Å². The third-order valence-corrected chi connectivity index (χ3v) is 1.04. The summed E-state index contributed by atoms with van der Waals surface area (Å²) in [5.74, 6) is -0.0597. The Kier molecular flexibility index (Phi) is 3.80. The van der Waals surface area contributed by atoms with E-state index in [2.05, 4.69) is 10.0 Å². The van der Waals surface area contributed by atoms with Crippen molar-refractivity contribution >= 4 is 0 Å². The van der Waals surface area contributed by atoms with E-state index < -0.39 is 6.17 Å². The minimum absolute atomic E-state index is 0.0475. The quantitative estimate of drug-likeness (QED) is 0.320. The van der Waals surface area contributed by atoms with Crippen molar-refractivity contribution in [3.05, 3.63) is 10.4 Å². The zero-order chi connectivity index (χ0) is 7.28. The van der Waals surface area contributed by atoms with Crippen LogP contribution in [0.25, 0.3) is 10.4 Å². The van der Waals surface area contributed by atoms with Gasteiger partial charge in [0.05, 0.1) is 6.54 Å². The first kappa shape index (κ1) is 8.24. The van der Waals surface area contributed by atoms with E-state index >= 15 is 0 Å². The summed E-state index contributed by atoms with van der Waals surface area (Å²) in [7, 11) is 0. The molecule has 52 valence electrons. The fraction of sp³-hybridized carbons (Fsp3) is 1.00. The highest BCUT2D eigenvalue weighted by Crippen LogP contribution is 2.05. The molecule has 0 amide bonds. The Bertz CT molecular complexity index is 117. The number of halogens is 1. The topological polar surface area (TPSA) is 48.8 Å². The van der Waals surface area contributed by atoms with Crippen molar-refractivity contribution in [2.24, 2.45) is 11.0 Å². The van der Waals surface area contributed by atoms with Crippen LogP contribution in [0.3, 0.4) is 0 Å². The van der Waals surface area contributed by atoms with E-state index in [0.717, 1.165) is 0 Å². The number of azide groups is 1. The van der Waals surface area contributed by atoms with E-state index in [0.29, 0.717) is 0 Å². The molecule has 0 saturated heterocycles. The van der Waals surface area contributed by atoms with Gasteiger partial charge in [-0.1, -0.05) is 19.0 Å². The second kappa shape index (κ2) is 4.15. The Hall–Kier alpha value is -0.760. The first-order valence-electron chi connectivity index (χ1n) is 2.83. The Morgan fingerprint density at radius 1 is 1.67 bits per heavy atom. The van der Waals surface area contributed by atoms with Crippen molar-refractivity contribution < 1.29 is 4.39 Å². The molecule has 4 heteroatoms. The van der Waals surface area contributed by atoms with Gasteiger partial charge in [-0.05, 0) is 11.4 Å². The summed E-state index contributed by atoms with van der Waals surface area (Å²) < 4.78 is 12.4. The van der Waals surface area contributed by atoms with Gasteiger partial charge in [0, 0.05) is 4.91 Å². The first-order chi connectivity index (χ1) is 4.18. The molecule has 0 rings (SSSR count). The van der Waals surface area contributed by atoms with Crippen molar-refractivity contribution in [3.8, 4) is 0 Å². The summed E-state index contributed by atoms with van der Waals surface area (Å²) in [5, 5.41) is 3.10. The molecule has 0 radical (unpaired) electrons. The van der Waals surface area contributed by atoms with Gasteiger partial charge < -0.3 is 0 Å². The van der Waals surface area contributed by atoms with Crippen LogP contribution < -0.4 is 0 Å². The Balaban J connectivity index is 3.49. The summed E-state index contributed by atoms with van der Waals surface area (Å²) in [4.78, 5) is 2.44. The van der Waals surface area contributed by atoms with Gasteiger partial charge in [0.1, 0.15) is 6.17 Å². The summed E-state index contributed by atoms with van der Waals surface area (Å²) >= 11 is 0. The number of alkyl halides is 1. The van der Waals surface area contributed by atoms with Crippen LogP contribution in [0.4, 0.5) is 4.39 Å². The van der Waals surface area contributed by atoms with Crippen LogP contribution in [-0.4, -0.2) is 12.7 Å². The van der Waals surface area contributed by atoms with Crippen molar-refractivity contribution in [3.63, 3.8) is 0 Å². The van der Waals surface area contributed by atoms with Crippen LogP contribution in [0.2, 0.25) is 0 Å². The summed E-state index contributed by atoms with van der Waals surface area (Å²) in [6.07, 6.45) is -0.999. The standard InChI is InChI=1S/C5H10FN3/c1-4(2)5(6)3-8-9-7/h4-5H,3H2,1-2H3/t5-/m0/s1. The Labute approximate surface area is 53.5 Å². The lowest BCUT2D eigenvalue weighted by Gasteiger charge is -2.06. The van der Waals surface area contributed by atoms with Gasteiger partial charge in [0.25, 0.3) is 0 Å². The minimum Gasteiger partial charge on any atom is -0.247 e. The molecule has 3 nitrogen and oxygen atoms in total. The lowest BCUT2D eigenvalue weighted by molar-refractivity contribution is 0.263. The Morgan fingerprint density at radius 2 is 2.22 bits per heavy atom. The van der Waals surface area contributed by atoms with Gasteiger partial charge in [-0.25, -0.2) is 4.39 Å². The van der Waals surface area contributed by atoms with E-state index in [1.165, 1.54) is 0 Å². The zero-order valence-electron chi connectivity index (χ0n) is 5.58. The largest absolute Gasteiger partial charge is 0.247 e.